The van der Waals surface area contributed by atoms with E-state index in [0.29, 0.717) is 6.67 Å². The first-order valence-electron chi connectivity index (χ1n) is 9.53. The molecular formula is C24H19N5. The second-order valence-electron chi connectivity index (χ2n) is 7.00. The number of H-pyrrole nitrogens is 1. The fraction of sp³-hybridized carbons (Fsp3) is 0.0833. The van der Waals surface area contributed by atoms with Crippen molar-refractivity contribution in [3.8, 4) is 22.5 Å². The van der Waals surface area contributed by atoms with Crippen molar-refractivity contribution < 1.29 is 0 Å². The first-order valence-corrected chi connectivity index (χ1v) is 9.53. The fourth-order valence-electron chi connectivity index (χ4n) is 3.66. The van der Waals surface area contributed by atoms with Crippen molar-refractivity contribution in [1.82, 2.24) is 15.4 Å². The van der Waals surface area contributed by atoms with Crippen LogP contribution in [0.4, 0.5) is 0 Å². The third-order valence-corrected chi connectivity index (χ3v) is 4.95. The lowest BCUT2D eigenvalue weighted by Crippen LogP contribution is -2.14. The quantitative estimate of drug-likeness (QED) is 0.560. The van der Waals surface area contributed by atoms with E-state index in [2.05, 4.69) is 62.7 Å². The van der Waals surface area contributed by atoms with Crippen LogP contribution in [0, 0.1) is 6.92 Å². The molecule has 4 aromatic rings. The highest BCUT2D eigenvalue weighted by Crippen LogP contribution is 2.30. The van der Waals surface area contributed by atoms with Gasteiger partial charge in [-0.05, 0) is 30.7 Å². The van der Waals surface area contributed by atoms with Gasteiger partial charge in [0, 0.05) is 22.3 Å². The van der Waals surface area contributed by atoms with Gasteiger partial charge in [0.1, 0.15) is 18.1 Å². The highest BCUT2D eigenvalue weighted by Gasteiger charge is 2.20. The Morgan fingerprint density at radius 1 is 0.621 bits per heavy atom. The molecule has 5 rings (SSSR count). The number of aromatic nitrogens is 3. The number of aromatic amines is 1. The standard InChI is InChI=1S/C24H19N5/c1-16-12-19(22-21(25-15-26-22)17-8-4-2-5-9-17)14-20(13-16)24-23(27-29-28-24)18-10-6-3-7-11-18/h2-14H,15H2,1H3,(H,27,28,29). The van der Waals surface area contributed by atoms with Gasteiger partial charge in [-0.3, -0.25) is 9.98 Å². The van der Waals surface area contributed by atoms with Gasteiger partial charge in [0.05, 0.1) is 11.4 Å². The Bertz CT molecular complexity index is 1220. The summed E-state index contributed by atoms with van der Waals surface area (Å²) < 4.78 is 0. The Kier molecular flexibility index (Phi) is 4.33. The average molecular weight is 377 g/mol. The number of aryl methyl sites for hydroxylation is 1. The lowest BCUT2D eigenvalue weighted by Gasteiger charge is -2.10. The van der Waals surface area contributed by atoms with Crippen LogP contribution in [0.15, 0.2) is 88.8 Å². The molecule has 1 N–H and O–H groups in total. The maximum absolute atomic E-state index is 4.68. The minimum Gasteiger partial charge on any atom is -0.259 e. The predicted octanol–water partition coefficient (Wildman–Crippen LogP) is 4.70. The van der Waals surface area contributed by atoms with Crippen molar-refractivity contribution >= 4 is 11.4 Å². The van der Waals surface area contributed by atoms with Crippen LogP contribution in [-0.4, -0.2) is 33.5 Å². The van der Waals surface area contributed by atoms with E-state index in [1.54, 1.807) is 0 Å². The number of nitrogens with zero attached hydrogens (tertiary/aromatic N) is 4. The summed E-state index contributed by atoms with van der Waals surface area (Å²) in [6, 6.07) is 26.7. The van der Waals surface area contributed by atoms with Gasteiger partial charge in [0.2, 0.25) is 0 Å². The van der Waals surface area contributed by atoms with Gasteiger partial charge in [-0.25, -0.2) is 0 Å². The molecular weight excluding hydrogens is 358 g/mol. The van der Waals surface area contributed by atoms with Crippen molar-refractivity contribution in [3.05, 3.63) is 95.6 Å². The molecule has 0 spiro atoms. The van der Waals surface area contributed by atoms with Crippen LogP contribution in [-0.2, 0) is 0 Å². The minimum atomic E-state index is 0.460. The molecule has 140 valence electrons. The van der Waals surface area contributed by atoms with Crippen LogP contribution in [0.1, 0.15) is 16.7 Å². The molecule has 0 saturated heterocycles. The largest absolute Gasteiger partial charge is 0.259 e. The van der Waals surface area contributed by atoms with Crippen molar-refractivity contribution in [2.75, 3.05) is 6.67 Å². The molecule has 0 fully saturated rings. The number of hydrogen-bond acceptors (Lipinski definition) is 4. The van der Waals surface area contributed by atoms with Gasteiger partial charge in [-0.1, -0.05) is 60.7 Å². The molecule has 29 heavy (non-hydrogen) atoms. The summed E-state index contributed by atoms with van der Waals surface area (Å²) in [6.07, 6.45) is 0. The van der Waals surface area contributed by atoms with Crippen LogP contribution < -0.4 is 0 Å². The molecule has 1 aliphatic rings. The zero-order chi connectivity index (χ0) is 19.6. The fourth-order valence-corrected chi connectivity index (χ4v) is 3.66. The van der Waals surface area contributed by atoms with Crippen LogP contribution >= 0.6 is 0 Å². The Morgan fingerprint density at radius 2 is 1.17 bits per heavy atom. The molecule has 0 amide bonds. The van der Waals surface area contributed by atoms with Crippen LogP contribution in [0.3, 0.4) is 0 Å². The molecule has 0 saturated carbocycles. The van der Waals surface area contributed by atoms with E-state index >= 15 is 0 Å². The highest BCUT2D eigenvalue weighted by molar-refractivity contribution is 6.54. The van der Waals surface area contributed by atoms with Crippen molar-refractivity contribution in [3.63, 3.8) is 0 Å². The average Bonchev–Trinajstić information content (AvgIpc) is 3.44. The normalized spacial score (nSPS) is 13.3. The molecule has 0 aliphatic carbocycles. The number of benzene rings is 3. The molecule has 0 unspecified atom stereocenters. The van der Waals surface area contributed by atoms with Gasteiger partial charge in [0.25, 0.3) is 0 Å². The zero-order valence-corrected chi connectivity index (χ0v) is 16.0. The highest BCUT2D eigenvalue weighted by atomic mass is 15.3. The molecule has 3 aromatic carbocycles. The smallest absolute Gasteiger partial charge is 0.130 e. The maximum Gasteiger partial charge on any atom is 0.130 e. The molecule has 1 aromatic heterocycles. The van der Waals surface area contributed by atoms with Crippen molar-refractivity contribution in [2.45, 2.75) is 6.92 Å². The van der Waals surface area contributed by atoms with Crippen molar-refractivity contribution in [2.24, 2.45) is 9.98 Å². The van der Waals surface area contributed by atoms with Gasteiger partial charge in [-0.2, -0.15) is 15.4 Å². The summed E-state index contributed by atoms with van der Waals surface area (Å²) in [5, 5.41) is 11.6. The number of rotatable bonds is 4. The monoisotopic (exact) mass is 377 g/mol. The first kappa shape index (κ1) is 17.3. The Labute approximate surface area is 168 Å². The lowest BCUT2D eigenvalue weighted by atomic mass is 9.95. The molecule has 5 heteroatoms. The Hall–Kier alpha value is -3.86. The summed E-state index contributed by atoms with van der Waals surface area (Å²) in [4.78, 5) is 9.31. The first-order chi connectivity index (χ1) is 14.3. The summed E-state index contributed by atoms with van der Waals surface area (Å²) in [6.45, 7) is 2.55. The van der Waals surface area contributed by atoms with Gasteiger partial charge in [0.15, 0.2) is 0 Å². The second-order valence-corrected chi connectivity index (χ2v) is 7.00. The molecule has 0 bridgehead atoms. The van der Waals surface area contributed by atoms with E-state index in [1.165, 1.54) is 0 Å². The summed E-state index contributed by atoms with van der Waals surface area (Å²) in [5.41, 5.74) is 8.84. The zero-order valence-electron chi connectivity index (χ0n) is 16.0. The van der Waals surface area contributed by atoms with Crippen LogP contribution in [0.5, 0.6) is 0 Å². The molecule has 1 aliphatic heterocycles. The SMILES string of the molecule is Cc1cc(C2=NCN=C2c2ccccc2)cc(-c2n[nH]nc2-c2ccccc2)c1. The minimum absolute atomic E-state index is 0.460. The van der Waals surface area contributed by atoms with Gasteiger partial charge >= 0.3 is 0 Å². The van der Waals surface area contributed by atoms with E-state index < -0.39 is 0 Å². The van der Waals surface area contributed by atoms with E-state index in [-0.39, 0.29) is 0 Å². The number of nitrogens with one attached hydrogen (secondary N) is 1. The molecule has 0 atom stereocenters. The van der Waals surface area contributed by atoms with E-state index in [1.807, 2.05) is 48.5 Å². The number of hydrogen-bond donors (Lipinski definition) is 1. The van der Waals surface area contributed by atoms with E-state index in [9.17, 15) is 0 Å². The third-order valence-electron chi connectivity index (χ3n) is 4.95. The molecule has 5 nitrogen and oxygen atoms in total. The molecule has 0 radical (unpaired) electrons. The predicted molar refractivity (Wildman–Crippen MR) is 116 cm³/mol. The summed E-state index contributed by atoms with van der Waals surface area (Å²) in [5.74, 6) is 0. The van der Waals surface area contributed by atoms with Crippen LogP contribution in [0.2, 0.25) is 0 Å². The van der Waals surface area contributed by atoms with Crippen LogP contribution in [0.25, 0.3) is 22.5 Å². The topological polar surface area (TPSA) is 66.3 Å². The summed E-state index contributed by atoms with van der Waals surface area (Å²) in [7, 11) is 0. The third kappa shape index (κ3) is 3.27. The Balaban J connectivity index is 1.58. The van der Waals surface area contributed by atoms with E-state index in [0.717, 1.165) is 50.6 Å². The van der Waals surface area contributed by atoms with Gasteiger partial charge in [-0.15, -0.1) is 0 Å². The lowest BCUT2D eigenvalue weighted by molar-refractivity contribution is 0.944. The molecule has 2 heterocycles. The van der Waals surface area contributed by atoms with Crippen molar-refractivity contribution in [1.29, 1.82) is 0 Å². The second kappa shape index (κ2) is 7.28. The summed E-state index contributed by atoms with van der Waals surface area (Å²) >= 11 is 0. The number of aliphatic imine (C=N–C) groups is 2. The van der Waals surface area contributed by atoms with Gasteiger partial charge < -0.3 is 0 Å². The van der Waals surface area contributed by atoms with E-state index in [4.69, 9.17) is 0 Å². The Morgan fingerprint density at radius 3 is 1.86 bits per heavy atom. The maximum atomic E-state index is 4.68.